The molecule has 1 aromatic heterocycles. The van der Waals surface area contributed by atoms with E-state index >= 15 is 0 Å². The molecule has 1 N–H and O–H groups in total. The van der Waals surface area contributed by atoms with Crippen LogP contribution in [0.2, 0.25) is 0 Å². The van der Waals surface area contributed by atoms with Crippen LogP contribution >= 0.6 is 0 Å². The zero-order chi connectivity index (χ0) is 20.8. The molecular formula is C21H23N3O5. The zero-order valence-electron chi connectivity index (χ0n) is 16.2. The second kappa shape index (κ2) is 9.18. The molecule has 2 heterocycles. The average Bonchev–Trinajstić information content (AvgIpc) is 2.77. The second-order valence-corrected chi connectivity index (χ2v) is 6.76. The summed E-state index contributed by atoms with van der Waals surface area (Å²) in [6, 6.07) is 10.4. The van der Waals surface area contributed by atoms with Crippen molar-refractivity contribution in [3.8, 4) is 5.75 Å². The number of carbonyl (C=O) groups is 3. The third-order valence-electron chi connectivity index (χ3n) is 4.94. The van der Waals surface area contributed by atoms with Gasteiger partial charge >= 0.3 is 5.97 Å². The first-order chi connectivity index (χ1) is 14.0. The van der Waals surface area contributed by atoms with Crippen molar-refractivity contribution in [3.63, 3.8) is 0 Å². The predicted molar refractivity (Wildman–Crippen MR) is 105 cm³/mol. The third-order valence-corrected chi connectivity index (χ3v) is 4.94. The average molecular weight is 397 g/mol. The molecule has 29 heavy (non-hydrogen) atoms. The lowest BCUT2D eigenvalue weighted by Gasteiger charge is -2.34. The van der Waals surface area contributed by atoms with E-state index in [-0.39, 0.29) is 17.5 Å². The fourth-order valence-electron chi connectivity index (χ4n) is 3.19. The number of methoxy groups -OCH3 is 1. The molecule has 152 valence electrons. The molecule has 8 nitrogen and oxygen atoms in total. The number of aromatic carboxylic acids is 1. The molecule has 1 aromatic carbocycles. The van der Waals surface area contributed by atoms with Gasteiger partial charge in [-0.15, -0.1) is 0 Å². The number of aromatic nitrogens is 1. The number of amides is 2. The quantitative estimate of drug-likeness (QED) is 0.797. The molecule has 0 bridgehead atoms. The van der Waals surface area contributed by atoms with Crippen molar-refractivity contribution in [1.82, 2.24) is 14.8 Å². The highest BCUT2D eigenvalue weighted by atomic mass is 16.5. The number of hydrogen-bond acceptors (Lipinski definition) is 5. The molecule has 0 radical (unpaired) electrons. The Morgan fingerprint density at radius 2 is 1.66 bits per heavy atom. The monoisotopic (exact) mass is 397 g/mol. The van der Waals surface area contributed by atoms with Crippen molar-refractivity contribution in [2.75, 3.05) is 33.3 Å². The maximum atomic E-state index is 12.5. The molecule has 1 aliphatic heterocycles. The molecule has 0 unspecified atom stereocenters. The van der Waals surface area contributed by atoms with Crippen LogP contribution in [-0.4, -0.2) is 71.0 Å². The minimum absolute atomic E-state index is 0.0698. The summed E-state index contributed by atoms with van der Waals surface area (Å²) in [5.41, 5.74) is 1.31. The van der Waals surface area contributed by atoms with Gasteiger partial charge in [0.25, 0.3) is 5.91 Å². The van der Waals surface area contributed by atoms with E-state index in [0.29, 0.717) is 44.6 Å². The minimum atomic E-state index is -1.13. The second-order valence-electron chi connectivity index (χ2n) is 6.76. The highest BCUT2D eigenvalue weighted by molar-refractivity contribution is 5.95. The Morgan fingerprint density at radius 3 is 2.21 bits per heavy atom. The van der Waals surface area contributed by atoms with Crippen LogP contribution in [0.15, 0.2) is 42.6 Å². The first kappa shape index (κ1) is 20.3. The summed E-state index contributed by atoms with van der Waals surface area (Å²) in [6.45, 7) is 1.84. The third kappa shape index (κ3) is 5.10. The van der Waals surface area contributed by atoms with E-state index in [0.717, 1.165) is 11.3 Å². The van der Waals surface area contributed by atoms with E-state index in [1.54, 1.807) is 16.9 Å². The van der Waals surface area contributed by atoms with Crippen LogP contribution in [0, 0.1) is 0 Å². The summed E-state index contributed by atoms with van der Waals surface area (Å²) in [7, 11) is 1.62. The van der Waals surface area contributed by atoms with Crippen molar-refractivity contribution in [2.45, 2.75) is 12.8 Å². The van der Waals surface area contributed by atoms with Crippen LogP contribution in [0.4, 0.5) is 0 Å². The van der Waals surface area contributed by atoms with Crippen LogP contribution in [0.5, 0.6) is 5.75 Å². The molecule has 2 amide bonds. The summed E-state index contributed by atoms with van der Waals surface area (Å²) in [6.07, 6.45) is 2.35. The number of aryl methyl sites for hydroxylation is 1. The number of nitrogens with zero attached hydrogens (tertiary/aromatic N) is 3. The fourth-order valence-corrected chi connectivity index (χ4v) is 3.19. The number of piperazine rings is 1. The van der Waals surface area contributed by atoms with Gasteiger partial charge in [-0.2, -0.15) is 0 Å². The van der Waals surface area contributed by atoms with Crippen LogP contribution in [0.1, 0.15) is 32.8 Å². The molecule has 0 atom stereocenters. The van der Waals surface area contributed by atoms with Gasteiger partial charge in [-0.3, -0.25) is 9.59 Å². The standard InChI is InChI=1S/C21H23N3O5/c1-29-17-6-2-15(3-7-17)4-9-19(25)23-10-12-24(13-11-23)20(26)16-5-8-18(21(27)28)22-14-16/h2-3,5-8,14H,4,9-13H2,1H3,(H,27,28). The lowest BCUT2D eigenvalue weighted by atomic mass is 10.1. The number of rotatable bonds is 6. The topological polar surface area (TPSA) is 100 Å². The normalized spacial score (nSPS) is 13.8. The molecule has 1 saturated heterocycles. The van der Waals surface area contributed by atoms with Crippen molar-refractivity contribution in [3.05, 3.63) is 59.4 Å². The minimum Gasteiger partial charge on any atom is -0.497 e. The van der Waals surface area contributed by atoms with E-state index in [1.807, 2.05) is 24.3 Å². The number of carbonyl (C=O) groups excluding carboxylic acids is 2. The summed E-state index contributed by atoms with van der Waals surface area (Å²) in [4.78, 5) is 43.1. The number of pyridine rings is 1. The summed E-state index contributed by atoms with van der Waals surface area (Å²) >= 11 is 0. The Kier molecular flexibility index (Phi) is 6.43. The van der Waals surface area contributed by atoms with Gasteiger partial charge in [0.15, 0.2) is 0 Å². The van der Waals surface area contributed by atoms with Crippen LogP contribution in [0.3, 0.4) is 0 Å². The molecule has 2 aromatic rings. The van der Waals surface area contributed by atoms with Gasteiger partial charge in [0.05, 0.1) is 12.7 Å². The highest BCUT2D eigenvalue weighted by Gasteiger charge is 2.25. The molecule has 0 aliphatic carbocycles. The maximum Gasteiger partial charge on any atom is 0.354 e. The summed E-state index contributed by atoms with van der Waals surface area (Å²) in [5, 5.41) is 8.88. The number of carboxylic acid groups (broad SMARTS) is 1. The fraction of sp³-hybridized carbons (Fsp3) is 0.333. The molecule has 0 spiro atoms. The molecule has 0 saturated carbocycles. The SMILES string of the molecule is COc1ccc(CCC(=O)N2CCN(C(=O)c3ccc(C(=O)O)nc3)CC2)cc1. The highest BCUT2D eigenvalue weighted by Crippen LogP contribution is 2.14. The molecular weight excluding hydrogens is 374 g/mol. The van der Waals surface area contributed by atoms with Crippen LogP contribution < -0.4 is 4.74 Å². The molecule has 3 rings (SSSR count). The van der Waals surface area contributed by atoms with Crippen molar-refractivity contribution < 1.29 is 24.2 Å². The number of ether oxygens (including phenoxy) is 1. The van der Waals surface area contributed by atoms with E-state index in [1.165, 1.54) is 18.3 Å². The lowest BCUT2D eigenvalue weighted by molar-refractivity contribution is -0.132. The number of carboxylic acids is 1. The Labute approximate surface area is 168 Å². The maximum absolute atomic E-state index is 12.5. The van der Waals surface area contributed by atoms with E-state index in [4.69, 9.17) is 9.84 Å². The first-order valence-electron chi connectivity index (χ1n) is 9.37. The van der Waals surface area contributed by atoms with Gasteiger partial charge in [0.1, 0.15) is 11.4 Å². The Balaban J connectivity index is 1.48. The van der Waals surface area contributed by atoms with Crippen LogP contribution in [0.25, 0.3) is 0 Å². The Hall–Kier alpha value is -3.42. The molecule has 1 fully saturated rings. The number of hydrogen-bond donors (Lipinski definition) is 1. The van der Waals surface area contributed by atoms with Crippen molar-refractivity contribution in [2.24, 2.45) is 0 Å². The van der Waals surface area contributed by atoms with Gasteiger partial charge in [0, 0.05) is 38.8 Å². The van der Waals surface area contributed by atoms with Crippen LogP contribution in [-0.2, 0) is 11.2 Å². The molecule has 8 heteroatoms. The Bertz CT molecular complexity index is 872. The number of benzene rings is 1. The van der Waals surface area contributed by atoms with E-state index in [9.17, 15) is 14.4 Å². The van der Waals surface area contributed by atoms with Gasteiger partial charge < -0.3 is 19.6 Å². The largest absolute Gasteiger partial charge is 0.497 e. The van der Waals surface area contributed by atoms with Gasteiger partial charge in [-0.05, 0) is 36.2 Å². The van der Waals surface area contributed by atoms with E-state index < -0.39 is 5.97 Å². The van der Waals surface area contributed by atoms with Gasteiger partial charge in [-0.1, -0.05) is 12.1 Å². The zero-order valence-corrected chi connectivity index (χ0v) is 16.2. The van der Waals surface area contributed by atoms with Gasteiger partial charge in [0.2, 0.25) is 5.91 Å². The molecule has 1 aliphatic rings. The smallest absolute Gasteiger partial charge is 0.354 e. The van der Waals surface area contributed by atoms with Gasteiger partial charge in [-0.25, -0.2) is 9.78 Å². The van der Waals surface area contributed by atoms with Crippen molar-refractivity contribution >= 4 is 17.8 Å². The summed E-state index contributed by atoms with van der Waals surface area (Å²) in [5.74, 6) is -0.486. The Morgan fingerprint density at radius 1 is 1.00 bits per heavy atom. The van der Waals surface area contributed by atoms with E-state index in [2.05, 4.69) is 4.98 Å². The van der Waals surface area contributed by atoms with Crippen molar-refractivity contribution in [1.29, 1.82) is 0 Å². The predicted octanol–water partition coefficient (Wildman–Crippen LogP) is 1.71. The summed E-state index contributed by atoms with van der Waals surface area (Å²) < 4.78 is 5.13. The lowest BCUT2D eigenvalue weighted by Crippen LogP contribution is -2.50. The first-order valence-corrected chi connectivity index (χ1v) is 9.37.